The molecule has 1 aromatic heterocycles. The summed E-state index contributed by atoms with van der Waals surface area (Å²) in [5.41, 5.74) is 0.947. The highest BCUT2D eigenvalue weighted by Crippen LogP contribution is 2.36. The average Bonchev–Trinajstić information content (AvgIpc) is 2.71. The molecular formula is C17H24BrFINOSi. The van der Waals surface area contributed by atoms with Crippen molar-refractivity contribution in [3.63, 3.8) is 0 Å². The lowest BCUT2D eigenvalue weighted by atomic mass is 10.2. The SMILES string of the molecule is CC(C)(C)[Si](C)(C)OCCCn1cc(I)c2cc(Br)c(F)cc21. The van der Waals surface area contributed by atoms with Crippen molar-refractivity contribution in [2.24, 2.45) is 0 Å². The lowest BCUT2D eigenvalue weighted by Gasteiger charge is -2.36. The van der Waals surface area contributed by atoms with Crippen molar-refractivity contribution < 1.29 is 8.82 Å². The summed E-state index contributed by atoms with van der Waals surface area (Å²) >= 11 is 5.56. The first-order chi connectivity index (χ1) is 10.5. The van der Waals surface area contributed by atoms with Gasteiger partial charge in [0, 0.05) is 28.3 Å². The van der Waals surface area contributed by atoms with Crippen molar-refractivity contribution in [2.45, 2.75) is 51.9 Å². The Hall–Kier alpha value is 0.0769. The molecule has 0 unspecified atom stereocenters. The summed E-state index contributed by atoms with van der Waals surface area (Å²) in [6.45, 7) is 12.9. The second-order valence-electron chi connectivity index (χ2n) is 7.42. The van der Waals surface area contributed by atoms with Crippen molar-refractivity contribution in [3.05, 3.63) is 32.2 Å². The maximum absolute atomic E-state index is 13.8. The van der Waals surface area contributed by atoms with Crippen molar-refractivity contribution >= 4 is 57.7 Å². The highest BCUT2D eigenvalue weighted by atomic mass is 127. The molecule has 2 aromatic rings. The van der Waals surface area contributed by atoms with E-state index in [2.05, 4.69) is 83.1 Å². The van der Waals surface area contributed by atoms with Crippen LogP contribution >= 0.6 is 38.5 Å². The fourth-order valence-electron chi connectivity index (χ4n) is 2.20. The molecule has 6 heteroatoms. The van der Waals surface area contributed by atoms with Gasteiger partial charge in [-0.2, -0.15) is 0 Å². The van der Waals surface area contributed by atoms with E-state index in [0.29, 0.717) is 4.47 Å². The lowest BCUT2D eigenvalue weighted by molar-refractivity contribution is 0.275. The number of hydrogen-bond acceptors (Lipinski definition) is 1. The number of aromatic nitrogens is 1. The zero-order valence-electron chi connectivity index (χ0n) is 14.3. The van der Waals surface area contributed by atoms with Crippen molar-refractivity contribution in [1.29, 1.82) is 0 Å². The van der Waals surface area contributed by atoms with E-state index >= 15 is 0 Å². The van der Waals surface area contributed by atoms with Gasteiger partial charge in [0.05, 0.1) is 9.99 Å². The molecule has 2 rings (SSSR count). The molecule has 128 valence electrons. The van der Waals surface area contributed by atoms with Crippen molar-refractivity contribution in [2.75, 3.05) is 6.61 Å². The van der Waals surface area contributed by atoms with Gasteiger partial charge < -0.3 is 8.99 Å². The molecule has 0 bridgehead atoms. The van der Waals surface area contributed by atoms with Crippen LogP contribution in [0.2, 0.25) is 18.1 Å². The minimum atomic E-state index is -1.68. The van der Waals surface area contributed by atoms with E-state index in [0.717, 1.165) is 34.0 Å². The van der Waals surface area contributed by atoms with E-state index in [-0.39, 0.29) is 10.9 Å². The molecule has 0 amide bonds. The molecule has 0 radical (unpaired) electrons. The van der Waals surface area contributed by atoms with E-state index in [4.69, 9.17) is 4.43 Å². The Morgan fingerprint density at radius 2 is 1.96 bits per heavy atom. The van der Waals surface area contributed by atoms with E-state index in [1.807, 2.05) is 6.07 Å². The number of fused-ring (bicyclic) bond motifs is 1. The highest BCUT2D eigenvalue weighted by Gasteiger charge is 2.36. The Balaban J connectivity index is 2.05. The summed E-state index contributed by atoms with van der Waals surface area (Å²) in [4.78, 5) is 0. The van der Waals surface area contributed by atoms with E-state index in [1.165, 1.54) is 0 Å². The van der Waals surface area contributed by atoms with Gasteiger partial charge in [0.15, 0.2) is 8.32 Å². The molecule has 0 N–H and O–H groups in total. The molecular weight excluding hydrogens is 488 g/mol. The predicted octanol–water partition coefficient (Wildman–Crippen LogP) is 6.56. The Bertz CT molecular complexity index is 709. The molecule has 0 spiro atoms. The Morgan fingerprint density at radius 3 is 2.57 bits per heavy atom. The van der Waals surface area contributed by atoms with Gasteiger partial charge in [0.2, 0.25) is 0 Å². The molecule has 0 aliphatic carbocycles. The van der Waals surface area contributed by atoms with E-state index < -0.39 is 8.32 Å². The van der Waals surface area contributed by atoms with Crippen LogP contribution in [0.25, 0.3) is 10.9 Å². The summed E-state index contributed by atoms with van der Waals surface area (Å²) in [5, 5.41) is 1.32. The summed E-state index contributed by atoms with van der Waals surface area (Å²) in [7, 11) is -1.68. The number of aryl methyl sites for hydroxylation is 1. The van der Waals surface area contributed by atoms with Crippen molar-refractivity contribution in [3.8, 4) is 0 Å². The third-order valence-electron chi connectivity index (χ3n) is 4.69. The molecule has 0 saturated heterocycles. The number of rotatable bonds is 5. The first-order valence-corrected chi connectivity index (χ1v) is 12.6. The second-order valence-corrected chi connectivity index (χ2v) is 14.2. The minimum absolute atomic E-state index is 0.217. The quantitative estimate of drug-likeness (QED) is 0.252. The first-order valence-electron chi connectivity index (χ1n) is 7.80. The Kier molecular flexibility index (Phi) is 6.02. The molecule has 0 aliphatic heterocycles. The third kappa shape index (κ3) is 4.38. The minimum Gasteiger partial charge on any atom is -0.417 e. The summed E-state index contributed by atoms with van der Waals surface area (Å²) < 4.78 is 23.8. The molecule has 0 aliphatic rings. The fraction of sp³-hybridized carbons (Fsp3) is 0.529. The van der Waals surface area contributed by atoms with Gasteiger partial charge >= 0.3 is 0 Å². The van der Waals surface area contributed by atoms with E-state index in [9.17, 15) is 4.39 Å². The third-order valence-corrected chi connectivity index (χ3v) is 10.7. The fourth-order valence-corrected chi connectivity index (χ4v) is 4.40. The van der Waals surface area contributed by atoms with E-state index in [1.54, 1.807) is 6.07 Å². The molecule has 1 aromatic carbocycles. The van der Waals surface area contributed by atoms with Crippen LogP contribution in [-0.2, 0) is 11.0 Å². The Labute approximate surface area is 161 Å². The van der Waals surface area contributed by atoms with Crippen LogP contribution in [-0.4, -0.2) is 19.5 Å². The molecule has 0 atom stereocenters. The van der Waals surface area contributed by atoms with Crippen LogP contribution in [0.4, 0.5) is 4.39 Å². The number of halogens is 3. The molecule has 0 saturated carbocycles. The van der Waals surface area contributed by atoms with Crippen LogP contribution in [0.3, 0.4) is 0 Å². The van der Waals surface area contributed by atoms with Crippen LogP contribution < -0.4 is 0 Å². The molecule has 0 fully saturated rings. The molecule has 1 heterocycles. The zero-order chi connectivity index (χ0) is 17.4. The maximum Gasteiger partial charge on any atom is 0.191 e. The smallest absolute Gasteiger partial charge is 0.191 e. The van der Waals surface area contributed by atoms with Crippen molar-refractivity contribution in [1.82, 2.24) is 4.57 Å². The maximum atomic E-state index is 13.8. The summed E-state index contributed by atoms with van der Waals surface area (Å²) in [5.74, 6) is -0.217. The monoisotopic (exact) mass is 511 g/mol. The first kappa shape index (κ1) is 19.4. The van der Waals surface area contributed by atoms with Crippen LogP contribution in [0.15, 0.2) is 22.8 Å². The number of hydrogen-bond donors (Lipinski definition) is 0. The van der Waals surface area contributed by atoms with Gasteiger partial charge in [-0.3, -0.25) is 0 Å². The van der Waals surface area contributed by atoms with Gasteiger partial charge in [0.1, 0.15) is 5.82 Å². The van der Waals surface area contributed by atoms with Gasteiger partial charge in [-0.1, -0.05) is 20.8 Å². The molecule has 2 nitrogen and oxygen atoms in total. The van der Waals surface area contributed by atoms with Gasteiger partial charge in [-0.05, 0) is 75.2 Å². The number of nitrogens with zero attached hydrogens (tertiary/aromatic N) is 1. The number of benzene rings is 1. The standard InChI is InChI=1S/C17H24BrFINOSi/c1-17(2,3)23(4,5)22-8-6-7-21-11-15(20)12-9-13(18)14(19)10-16(12)21/h9-11H,6-8H2,1-5H3. The largest absolute Gasteiger partial charge is 0.417 e. The lowest BCUT2D eigenvalue weighted by Crippen LogP contribution is -2.41. The van der Waals surface area contributed by atoms with Crippen LogP contribution in [0, 0.1) is 9.39 Å². The summed E-state index contributed by atoms with van der Waals surface area (Å²) in [6.07, 6.45) is 3.02. The zero-order valence-corrected chi connectivity index (χ0v) is 19.1. The second kappa shape index (κ2) is 7.13. The topological polar surface area (TPSA) is 14.2 Å². The van der Waals surface area contributed by atoms with Gasteiger partial charge in [-0.15, -0.1) is 0 Å². The van der Waals surface area contributed by atoms with Crippen LogP contribution in [0.1, 0.15) is 27.2 Å². The summed E-state index contributed by atoms with van der Waals surface area (Å²) in [6, 6.07) is 3.46. The molecule has 23 heavy (non-hydrogen) atoms. The van der Waals surface area contributed by atoms with Crippen LogP contribution in [0.5, 0.6) is 0 Å². The van der Waals surface area contributed by atoms with Gasteiger partial charge in [0.25, 0.3) is 0 Å². The Morgan fingerprint density at radius 1 is 1.30 bits per heavy atom. The highest BCUT2D eigenvalue weighted by molar-refractivity contribution is 14.1. The van der Waals surface area contributed by atoms with Gasteiger partial charge in [-0.25, -0.2) is 4.39 Å². The normalized spacial score (nSPS) is 13.0. The average molecular weight is 512 g/mol. The predicted molar refractivity (Wildman–Crippen MR) is 110 cm³/mol.